The van der Waals surface area contributed by atoms with Gasteiger partial charge in [0, 0.05) is 50.4 Å². The van der Waals surface area contributed by atoms with Gasteiger partial charge in [-0.1, -0.05) is 67.6 Å². The Kier molecular flexibility index (Phi) is 27.2. The third-order valence-corrected chi connectivity index (χ3v) is 11.4. The summed E-state index contributed by atoms with van der Waals surface area (Å²) in [4.78, 5) is 149. The lowest BCUT2D eigenvalue weighted by Gasteiger charge is -2.25. The lowest BCUT2D eigenvalue weighted by molar-refractivity contribution is -0.143. The molecular formula is C47H65N9O17S. The molecule has 0 heterocycles. The molecular weight excluding hydrogens is 995 g/mol. The number of nitrogens with one attached hydrogen (secondary N) is 8. The highest BCUT2D eigenvalue weighted by atomic mass is 32.1. The maximum absolute atomic E-state index is 14.1. The van der Waals surface area contributed by atoms with Gasteiger partial charge in [-0.25, -0.2) is 19.2 Å². The van der Waals surface area contributed by atoms with Crippen molar-refractivity contribution in [2.75, 3.05) is 12.3 Å². The number of carbonyl (C=O) groups is 12. The zero-order valence-corrected chi connectivity index (χ0v) is 41.5. The van der Waals surface area contributed by atoms with Gasteiger partial charge in [0.05, 0.1) is 6.42 Å². The summed E-state index contributed by atoms with van der Waals surface area (Å²) in [5, 5.41) is 65.2. The second kappa shape index (κ2) is 32.3. The van der Waals surface area contributed by atoms with E-state index in [0.29, 0.717) is 24.0 Å². The van der Waals surface area contributed by atoms with Gasteiger partial charge in [0.25, 0.3) is 0 Å². The maximum atomic E-state index is 14.1. The fourth-order valence-electron chi connectivity index (χ4n) is 6.98. The van der Waals surface area contributed by atoms with E-state index in [0.717, 1.165) is 0 Å². The largest absolute Gasteiger partial charge is 0.481 e. The van der Waals surface area contributed by atoms with Crippen LogP contribution in [0, 0.1) is 5.92 Å². The number of aliphatic carboxylic acids is 5. The van der Waals surface area contributed by atoms with Crippen LogP contribution in [0.5, 0.6) is 0 Å². The molecule has 406 valence electrons. The van der Waals surface area contributed by atoms with Gasteiger partial charge in [-0.3, -0.25) is 38.4 Å². The Bertz CT molecular complexity index is 2280. The molecule has 2 aromatic rings. The number of hydrogen-bond donors (Lipinski definition) is 15. The number of hydrogen-bond acceptors (Lipinski definition) is 14. The molecule has 0 radical (unpaired) electrons. The first-order valence-corrected chi connectivity index (χ1v) is 23.9. The van der Waals surface area contributed by atoms with Crippen molar-refractivity contribution in [2.45, 2.75) is 126 Å². The molecule has 0 aliphatic heterocycles. The van der Waals surface area contributed by atoms with Crippen molar-refractivity contribution in [1.29, 1.82) is 0 Å². The lowest BCUT2D eigenvalue weighted by atomic mass is 9.97. The van der Waals surface area contributed by atoms with Crippen LogP contribution in [0.2, 0.25) is 0 Å². The molecule has 74 heavy (non-hydrogen) atoms. The van der Waals surface area contributed by atoms with Crippen molar-refractivity contribution < 1.29 is 83.1 Å². The normalized spacial score (nSPS) is 14.5. The Labute approximate surface area is 430 Å². The molecule has 0 bridgehead atoms. The highest BCUT2D eigenvalue weighted by Crippen LogP contribution is 2.14. The van der Waals surface area contributed by atoms with E-state index in [1.807, 2.05) is 5.32 Å². The molecule has 0 aliphatic carbocycles. The second-order valence-electron chi connectivity index (χ2n) is 17.4. The maximum Gasteiger partial charge on any atom is 0.327 e. The van der Waals surface area contributed by atoms with Crippen molar-refractivity contribution in [3.63, 3.8) is 0 Å². The predicted octanol–water partition coefficient (Wildman–Crippen LogP) is -1.49. The van der Waals surface area contributed by atoms with Crippen molar-refractivity contribution in [3.05, 3.63) is 71.8 Å². The van der Waals surface area contributed by atoms with Crippen LogP contribution in [0.1, 0.15) is 76.3 Å². The van der Waals surface area contributed by atoms with Crippen molar-refractivity contribution >= 4 is 83.9 Å². The minimum atomic E-state index is -1.75. The molecule has 2 unspecified atom stereocenters. The minimum Gasteiger partial charge on any atom is -0.481 e. The first-order chi connectivity index (χ1) is 34.9. The third kappa shape index (κ3) is 24.5. The average molecular weight is 1060 g/mol. The highest BCUT2D eigenvalue weighted by Gasteiger charge is 2.32. The standard InChI is InChI=1S/C47H65N9O17S/c1-25(13-14-26(2)50-36(57)17-15-30(44(67)68)55-47(73)56-31(45(69)70)16-18-38(59)60)19-37(58)51-33(21-28-11-7-4-8-12-28)42(65)53-32(20-27-9-5-3-6-10-27)41(64)49-23-29(48)40(63)52-34(22-39(61)62)43(66)54-35(24-74)46(71)72/h3-12,25-26,29-35,74H,13-24,48H2,1-2H3,(H,49,64)(H,50,57)(H,51,58)(H,52,63)(H,53,65)(H,54,66)(H,59,60)(H,61,62)(H,67,68)(H,69,70)(H,71,72)(H2,55,56,73)/t25?,26?,29-,30-,31-,32-,33-,34-,35-/m0/s1. The Morgan fingerprint density at radius 1 is 0.486 bits per heavy atom. The fraction of sp³-hybridized carbons (Fsp3) is 0.489. The number of benzene rings is 2. The molecule has 0 aliphatic rings. The molecule has 26 nitrogen and oxygen atoms in total. The zero-order chi connectivity index (χ0) is 55.5. The Balaban J connectivity index is 2.09. The molecule has 15 N–H and O–H groups in total. The first-order valence-electron chi connectivity index (χ1n) is 23.3. The van der Waals surface area contributed by atoms with E-state index in [1.54, 1.807) is 74.5 Å². The third-order valence-electron chi connectivity index (χ3n) is 11.0. The van der Waals surface area contributed by atoms with E-state index in [2.05, 4.69) is 49.8 Å². The number of nitrogens with two attached hydrogens (primary N) is 1. The van der Waals surface area contributed by atoms with Crippen molar-refractivity contribution in [2.24, 2.45) is 11.7 Å². The van der Waals surface area contributed by atoms with Crippen LogP contribution in [0.25, 0.3) is 0 Å². The van der Waals surface area contributed by atoms with Gasteiger partial charge in [0.15, 0.2) is 0 Å². The zero-order valence-electron chi connectivity index (χ0n) is 40.6. The lowest BCUT2D eigenvalue weighted by Crippen LogP contribution is -2.58. The van der Waals surface area contributed by atoms with Crippen LogP contribution in [-0.2, 0) is 65.6 Å². The van der Waals surface area contributed by atoms with Gasteiger partial charge in [0.2, 0.25) is 35.4 Å². The Hall–Kier alpha value is -7.81. The molecule has 2 rings (SSSR count). The molecule has 27 heteroatoms. The van der Waals surface area contributed by atoms with Crippen LogP contribution in [0.4, 0.5) is 4.79 Å². The predicted molar refractivity (Wildman–Crippen MR) is 264 cm³/mol. The number of carboxylic acids is 5. The fourth-order valence-corrected chi connectivity index (χ4v) is 7.23. The van der Waals surface area contributed by atoms with Crippen LogP contribution in [-0.4, -0.2) is 157 Å². The SMILES string of the molecule is CC(CCC(C)NC(=O)CC[C@H](NC(=O)N[C@@H](CCC(=O)O)C(=O)O)C(=O)O)CC(=O)N[C@@H](Cc1ccccc1)C(=O)N[C@@H](Cc1ccccc1)C(=O)NC[C@H](N)C(=O)N[C@@H](CC(=O)O)C(=O)N[C@@H](CS)C(=O)O. The van der Waals surface area contributed by atoms with Crippen LogP contribution in [0.3, 0.4) is 0 Å². The summed E-state index contributed by atoms with van der Waals surface area (Å²) in [7, 11) is 0. The van der Waals surface area contributed by atoms with Gasteiger partial charge in [0.1, 0.15) is 42.3 Å². The topological polar surface area (TPSA) is 428 Å². The minimum absolute atomic E-state index is 0.00540. The number of carbonyl (C=O) groups excluding carboxylic acids is 7. The molecule has 8 amide bonds. The quantitative estimate of drug-likeness (QED) is 0.0355. The summed E-state index contributed by atoms with van der Waals surface area (Å²) in [6.45, 7) is 2.89. The molecule has 0 saturated carbocycles. The molecule has 0 spiro atoms. The smallest absolute Gasteiger partial charge is 0.327 e. The first kappa shape index (κ1) is 62.3. The van der Waals surface area contributed by atoms with Gasteiger partial charge >= 0.3 is 35.9 Å². The van der Waals surface area contributed by atoms with Crippen LogP contribution < -0.4 is 48.3 Å². The van der Waals surface area contributed by atoms with Crippen molar-refractivity contribution in [1.82, 2.24) is 42.5 Å². The Morgan fingerprint density at radius 2 is 0.959 bits per heavy atom. The number of carboxylic acid groups (broad SMARTS) is 5. The number of rotatable bonds is 34. The van der Waals surface area contributed by atoms with Gasteiger partial charge in [-0.15, -0.1) is 0 Å². The van der Waals surface area contributed by atoms with Gasteiger partial charge in [-0.05, 0) is 49.7 Å². The highest BCUT2D eigenvalue weighted by molar-refractivity contribution is 7.80. The van der Waals surface area contributed by atoms with Gasteiger partial charge in [-0.2, -0.15) is 12.6 Å². The van der Waals surface area contributed by atoms with Crippen LogP contribution in [0.15, 0.2) is 60.7 Å². The molecule has 0 fully saturated rings. The van der Waals surface area contributed by atoms with Crippen molar-refractivity contribution in [3.8, 4) is 0 Å². The van der Waals surface area contributed by atoms with E-state index >= 15 is 0 Å². The summed E-state index contributed by atoms with van der Waals surface area (Å²) in [6, 6.07) is 5.09. The van der Waals surface area contributed by atoms with Gasteiger partial charge < -0.3 is 73.8 Å². The van der Waals surface area contributed by atoms with E-state index in [-0.39, 0.29) is 43.8 Å². The van der Waals surface area contributed by atoms with Crippen LogP contribution >= 0.6 is 12.6 Å². The second-order valence-corrected chi connectivity index (χ2v) is 17.7. The van der Waals surface area contributed by atoms with E-state index in [9.17, 15) is 78.0 Å². The summed E-state index contributed by atoms with van der Waals surface area (Å²) in [5.41, 5.74) is 7.30. The van der Waals surface area contributed by atoms with E-state index in [4.69, 9.17) is 10.8 Å². The number of amides is 8. The van der Waals surface area contributed by atoms with E-state index < -0.39 is 145 Å². The molecule has 0 saturated heterocycles. The average Bonchev–Trinajstić information content (AvgIpc) is 3.33. The number of thiol groups is 1. The summed E-state index contributed by atoms with van der Waals surface area (Å²) < 4.78 is 0. The Morgan fingerprint density at radius 3 is 1.45 bits per heavy atom. The summed E-state index contributed by atoms with van der Waals surface area (Å²) >= 11 is 3.85. The molecule has 2 aromatic carbocycles. The van der Waals surface area contributed by atoms with E-state index in [1.165, 1.54) is 0 Å². The number of urea groups is 1. The summed E-state index contributed by atoms with van der Waals surface area (Å²) in [5.74, 6) is -12.7. The molecule has 9 atom stereocenters. The monoisotopic (exact) mass is 1060 g/mol. The molecule has 0 aromatic heterocycles. The summed E-state index contributed by atoms with van der Waals surface area (Å²) in [6.07, 6.45) is -2.02.